The van der Waals surface area contributed by atoms with Crippen LogP contribution in [-0.4, -0.2) is 32.6 Å². The lowest BCUT2D eigenvalue weighted by Gasteiger charge is -2.31. The molecule has 4 aromatic rings. The van der Waals surface area contributed by atoms with E-state index in [4.69, 9.17) is 0 Å². The molecule has 0 bridgehead atoms. The molecule has 3 atom stereocenters. The minimum absolute atomic E-state index is 0.0172. The molecular formula is C33H28F3N3O5S2. The monoisotopic (exact) mass is 667 g/mol. The van der Waals surface area contributed by atoms with Crippen LogP contribution in [0.4, 0.5) is 24.5 Å². The minimum atomic E-state index is -4.68. The van der Waals surface area contributed by atoms with Gasteiger partial charge in [-0.25, -0.2) is 4.90 Å². The molecule has 2 N–H and O–H groups in total. The molecule has 0 aliphatic carbocycles. The lowest BCUT2D eigenvalue weighted by Crippen LogP contribution is -2.33. The van der Waals surface area contributed by atoms with Gasteiger partial charge in [-0.05, 0) is 59.0 Å². The zero-order valence-electron chi connectivity index (χ0n) is 24.8. The van der Waals surface area contributed by atoms with Crippen molar-refractivity contribution in [2.24, 2.45) is 5.92 Å². The number of thioether (sulfide) groups is 1. The Morgan fingerprint density at radius 2 is 1.59 bits per heavy atom. The number of fused-ring (bicyclic) bond motifs is 2. The summed E-state index contributed by atoms with van der Waals surface area (Å²) in [5.41, 5.74) is 0.740. The van der Waals surface area contributed by atoms with Crippen LogP contribution in [0.25, 0.3) is 0 Å². The quantitative estimate of drug-likeness (QED) is 0.189. The van der Waals surface area contributed by atoms with Crippen LogP contribution in [0.15, 0.2) is 82.6 Å². The highest BCUT2D eigenvalue weighted by Gasteiger charge is 2.57. The van der Waals surface area contributed by atoms with Crippen LogP contribution in [-0.2, 0) is 32.5 Å². The Morgan fingerprint density at radius 3 is 2.22 bits per heavy atom. The van der Waals surface area contributed by atoms with Crippen LogP contribution in [0.2, 0.25) is 0 Å². The lowest BCUT2D eigenvalue weighted by molar-refractivity contribution is -0.137. The molecule has 3 unspecified atom stereocenters. The molecule has 3 amide bonds. The molecule has 3 heterocycles. The standard InChI is InChI=1S/C33H28F3N3O5S2/c1-32(2,3)18-9-7-17(8-10-18)24-25-26(29(43)39(28(25)42)21-6-4-5-19(15-21)33(34,35)36)45-30-27(24)46-31(44)38(30)16-23(41)37-20-11-13-22(40)14-12-20/h4-15,24-26,40H,16H2,1-3H3,(H,37,41). The Hall–Kier alpha value is -4.36. The minimum Gasteiger partial charge on any atom is -0.508 e. The van der Waals surface area contributed by atoms with Crippen molar-refractivity contribution >= 4 is 52.2 Å². The summed E-state index contributed by atoms with van der Waals surface area (Å²) in [6.45, 7) is 5.77. The van der Waals surface area contributed by atoms with Crippen molar-refractivity contribution in [2.45, 2.75) is 55.1 Å². The molecule has 0 radical (unpaired) electrons. The number of nitrogens with zero attached hydrogens (tertiary/aromatic N) is 2. The summed E-state index contributed by atoms with van der Waals surface area (Å²) in [4.78, 5) is 55.2. The number of rotatable bonds is 5. The van der Waals surface area contributed by atoms with Crippen molar-refractivity contribution in [3.8, 4) is 5.75 Å². The fraction of sp³-hybridized carbons (Fsp3) is 0.273. The number of phenols is 1. The molecule has 238 valence electrons. The van der Waals surface area contributed by atoms with E-state index in [1.165, 1.54) is 34.9 Å². The molecule has 6 rings (SSSR count). The number of aromatic nitrogens is 1. The average Bonchev–Trinajstić information content (AvgIpc) is 3.43. The zero-order valence-corrected chi connectivity index (χ0v) is 26.4. The Morgan fingerprint density at radius 1 is 0.913 bits per heavy atom. The van der Waals surface area contributed by atoms with Gasteiger partial charge in [-0.1, -0.05) is 74.2 Å². The maximum absolute atomic E-state index is 14.1. The highest BCUT2D eigenvalue weighted by atomic mass is 32.2. The number of halogens is 3. The van der Waals surface area contributed by atoms with Gasteiger partial charge >= 0.3 is 11.0 Å². The molecule has 13 heteroatoms. The van der Waals surface area contributed by atoms with Crippen molar-refractivity contribution in [2.75, 3.05) is 10.2 Å². The van der Waals surface area contributed by atoms with Gasteiger partial charge in [-0.15, -0.1) is 0 Å². The second-order valence-corrected chi connectivity index (χ2v) is 14.3. The third kappa shape index (κ3) is 5.73. The number of hydrogen-bond acceptors (Lipinski definition) is 7. The number of anilines is 2. The summed E-state index contributed by atoms with van der Waals surface area (Å²) in [5, 5.41) is 11.5. The first-order valence-corrected chi connectivity index (χ1v) is 16.0. The number of carbonyl (C=O) groups is 3. The van der Waals surface area contributed by atoms with Crippen molar-refractivity contribution in [1.82, 2.24) is 4.57 Å². The van der Waals surface area contributed by atoms with Crippen molar-refractivity contribution in [3.63, 3.8) is 0 Å². The number of nitrogens with one attached hydrogen (secondary N) is 1. The maximum Gasteiger partial charge on any atom is 0.416 e. The van der Waals surface area contributed by atoms with E-state index >= 15 is 0 Å². The van der Waals surface area contributed by atoms with Crippen LogP contribution >= 0.6 is 23.1 Å². The Balaban J connectivity index is 1.42. The van der Waals surface area contributed by atoms with Gasteiger partial charge in [0.1, 0.15) is 17.5 Å². The number of thiazole rings is 1. The first kappa shape index (κ1) is 31.6. The third-order valence-electron chi connectivity index (χ3n) is 8.07. The highest BCUT2D eigenvalue weighted by molar-refractivity contribution is 8.00. The third-order valence-corrected chi connectivity index (χ3v) is 10.7. The Labute approximate surface area is 269 Å². The zero-order chi connectivity index (χ0) is 33.1. The van der Waals surface area contributed by atoms with Crippen molar-refractivity contribution in [3.05, 3.63) is 104 Å². The molecule has 0 saturated carbocycles. The van der Waals surface area contributed by atoms with Gasteiger partial charge in [0, 0.05) is 16.5 Å². The van der Waals surface area contributed by atoms with E-state index in [1.54, 1.807) is 0 Å². The van der Waals surface area contributed by atoms with Crippen LogP contribution in [0, 0.1) is 5.92 Å². The molecule has 1 aromatic heterocycles. The first-order chi connectivity index (χ1) is 21.6. The van der Waals surface area contributed by atoms with Gasteiger partial charge in [-0.3, -0.25) is 23.7 Å². The van der Waals surface area contributed by atoms with E-state index in [9.17, 15) is 37.5 Å². The highest BCUT2D eigenvalue weighted by Crippen LogP contribution is 2.54. The van der Waals surface area contributed by atoms with E-state index in [-0.39, 0.29) is 23.4 Å². The van der Waals surface area contributed by atoms with Gasteiger partial charge in [0.15, 0.2) is 0 Å². The van der Waals surface area contributed by atoms with E-state index in [2.05, 4.69) is 26.1 Å². The largest absolute Gasteiger partial charge is 0.508 e. The number of hydrogen-bond donors (Lipinski definition) is 2. The second kappa shape index (κ2) is 11.5. The molecule has 2 aliphatic rings. The number of imide groups is 1. The fourth-order valence-corrected chi connectivity index (χ4v) is 8.54. The number of amides is 3. The first-order valence-electron chi connectivity index (χ1n) is 14.3. The average molecular weight is 668 g/mol. The molecule has 3 aromatic carbocycles. The van der Waals surface area contributed by atoms with Crippen LogP contribution < -0.4 is 15.1 Å². The van der Waals surface area contributed by atoms with Crippen LogP contribution in [0.5, 0.6) is 5.75 Å². The maximum atomic E-state index is 14.1. The number of phenolic OH excluding ortho intramolecular Hbond substituents is 1. The van der Waals surface area contributed by atoms with Crippen LogP contribution in [0.3, 0.4) is 0 Å². The van der Waals surface area contributed by atoms with Gasteiger partial charge in [0.25, 0.3) is 0 Å². The summed E-state index contributed by atoms with van der Waals surface area (Å²) in [6.07, 6.45) is -4.68. The molecule has 2 aliphatic heterocycles. The van der Waals surface area contributed by atoms with E-state index in [0.717, 1.165) is 51.8 Å². The fourth-order valence-electron chi connectivity index (χ4n) is 5.77. The summed E-state index contributed by atoms with van der Waals surface area (Å²) < 4.78 is 41.9. The Bertz CT molecular complexity index is 1910. The SMILES string of the molecule is CC(C)(C)c1ccc(C2c3sc(=O)n(CC(=O)Nc4ccc(O)cc4)c3SC3C(=O)N(c4cccc(C(F)(F)F)c4)C(=O)C32)cc1. The number of alkyl halides is 3. The molecule has 46 heavy (non-hydrogen) atoms. The second-order valence-electron chi connectivity index (χ2n) is 12.2. The van der Waals surface area contributed by atoms with Crippen molar-refractivity contribution < 1.29 is 32.7 Å². The normalized spacial score (nSPS) is 19.6. The van der Waals surface area contributed by atoms with Crippen molar-refractivity contribution in [1.29, 1.82) is 0 Å². The van der Waals surface area contributed by atoms with Crippen LogP contribution in [0.1, 0.15) is 48.3 Å². The van der Waals surface area contributed by atoms with E-state index in [0.29, 0.717) is 21.2 Å². The smallest absolute Gasteiger partial charge is 0.416 e. The molecule has 1 saturated heterocycles. The number of aromatic hydroxyl groups is 1. The van der Waals surface area contributed by atoms with Gasteiger partial charge in [0.05, 0.1) is 22.2 Å². The number of benzene rings is 3. The lowest BCUT2D eigenvalue weighted by atomic mass is 9.81. The van der Waals surface area contributed by atoms with E-state index < -0.39 is 51.4 Å². The van der Waals surface area contributed by atoms with Gasteiger partial charge in [0.2, 0.25) is 17.7 Å². The summed E-state index contributed by atoms with van der Waals surface area (Å²) in [5.74, 6) is -3.63. The predicted molar refractivity (Wildman–Crippen MR) is 169 cm³/mol. The van der Waals surface area contributed by atoms with Gasteiger partial charge in [-0.2, -0.15) is 13.2 Å². The van der Waals surface area contributed by atoms with E-state index in [1.807, 2.05) is 24.3 Å². The predicted octanol–water partition coefficient (Wildman–Crippen LogP) is 6.37. The number of carbonyl (C=O) groups excluding carboxylic acids is 3. The molecule has 1 fully saturated rings. The summed E-state index contributed by atoms with van der Waals surface area (Å²) in [6, 6.07) is 17.4. The molecule has 8 nitrogen and oxygen atoms in total. The Kier molecular flexibility index (Phi) is 7.88. The van der Waals surface area contributed by atoms with Gasteiger partial charge < -0.3 is 10.4 Å². The molecular weight excluding hydrogens is 640 g/mol. The summed E-state index contributed by atoms with van der Waals surface area (Å²) >= 11 is 1.85. The topological polar surface area (TPSA) is 109 Å². The molecule has 0 spiro atoms. The summed E-state index contributed by atoms with van der Waals surface area (Å²) in [7, 11) is 0.